The number of aromatic hydroxyl groups is 3. The lowest BCUT2D eigenvalue weighted by Crippen LogP contribution is -2.23. The van der Waals surface area contributed by atoms with Crippen molar-refractivity contribution in [3.63, 3.8) is 0 Å². The average molecular weight is 299 g/mol. The first-order chi connectivity index (χ1) is 10.5. The van der Waals surface area contributed by atoms with E-state index >= 15 is 0 Å². The van der Waals surface area contributed by atoms with Gasteiger partial charge in [0.05, 0.1) is 0 Å². The molecule has 0 spiro atoms. The Labute approximate surface area is 128 Å². The van der Waals surface area contributed by atoms with Gasteiger partial charge in [0.25, 0.3) is 0 Å². The minimum absolute atomic E-state index is 0.162. The summed E-state index contributed by atoms with van der Waals surface area (Å²) in [6.07, 6.45) is 3.62. The van der Waals surface area contributed by atoms with Gasteiger partial charge in [0.2, 0.25) is 5.91 Å². The maximum Gasteiger partial charge on any atom is 0.244 e. The van der Waals surface area contributed by atoms with E-state index in [1.54, 1.807) is 36.4 Å². The third-order valence-electron chi connectivity index (χ3n) is 3.07. The van der Waals surface area contributed by atoms with Gasteiger partial charge in [-0.25, -0.2) is 0 Å². The number of amides is 1. The first kappa shape index (κ1) is 15.4. The van der Waals surface area contributed by atoms with Gasteiger partial charge in [0.15, 0.2) is 11.5 Å². The van der Waals surface area contributed by atoms with Gasteiger partial charge in [-0.1, -0.05) is 18.2 Å². The summed E-state index contributed by atoms with van der Waals surface area (Å²) in [6, 6.07) is 11.1. The molecule has 2 aromatic rings. The summed E-state index contributed by atoms with van der Waals surface area (Å²) < 4.78 is 0. The van der Waals surface area contributed by atoms with Gasteiger partial charge in [-0.15, -0.1) is 0 Å². The standard InChI is InChI=1S/C17H17NO4/c19-14-5-1-12(2-6-14)4-8-17(22)18-10-9-13-3-7-15(20)16(21)11-13/h1-8,11,19-21H,9-10H2,(H,18,22)/b8-4-. The highest BCUT2D eigenvalue weighted by Gasteiger charge is 2.01. The third kappa shape index (κ3) is 4.56. The molecule has 0 bridgehead atoms. The van der Waals surface area contributed by atoms with Crippen LogP contribution in [0.1, 0.15) is 11.1 Å². The molecule has 0 saturated heterocycles. The van der Waals surface area contributed by atoms with E-state index in [1.165, 1.54) is 18.2 Å². The van der Waals surface area contributed by atoms with Gasteiger partial charge in [0, 0.05) is 12.6 Å². The van der Waals surface area contributed by atoms with E-state index in [0.717, 1.165) is 11.1 Å². The lowest BCUT2D eigenvalue weighted by atomic mass is 10.1. The monoisotopic (exact) mass is 299 g/mol. The van der Waals surface area contributed by atoms with Crippen LogP contribution in [0.5, 0.6) is 17.2 Å². The van der Waals surface area contributed by atoms with Crippen molar-refractivity contribution in [1.29, 1.82) is 0 Å². The maximum atomic E-state index is 11.7. The first-order valence-electron chi connectivity index (χ1n) is 6.80. The molecule has 5 heteroatoms. The summed E-state index contributed by atoms with van der Waals surface area (Å²) in [5, 5.41) is 30.5. The summed E-state index contributed by atoms with van der Waals surface area (Å²) in [4.78, 5) is 11.7. The van der Waals surface area contributed by atoms with E-state index in [9.17, 15) is 15.0 Å². The molecule has 22 heavy (non-hydrogen) atoms. The summed E-state index contributed by atoms with van der Waals surface area (Å²) in [7, 11) is 0. The average Bonchev–Trinajstić information content (AvgIpc) is 2.50. The first-order valence-corrected chi connectivity index (χ1v) is 6.80. The van der Waals surface area contributed by atoms with Crippen LogP contribution in [0.3, 0.4) is 0 Å². The van der Waals surface area contributed by atoms with E-state index in [1.807, 2.05) is 0 Å². The Hall–Kier alpha value is -2.95. The van der Waals surface area contributed by atoms with Crippen molar-refractivity contribution in [2.24, 2.45) is 0 Å². The molecule has 2 rings (SSSR count). The van der Waals surface area contributed by atoms with Crippen LogP contribution < -0.4 is 5.32 Å². The maximum absolute atomic E-state index is 11.7. The smallest absolute Gasteiger partial charge is 0.244 e. The SMILES string of the molecule is O=C(/C=C\c1ccc(O)cc1)NCCc1ccc(O)c(O)c1. The van der Waals surface area contributed by atoms with Crippen LogP contribution >= 0.6 is 0 Å². The minimum atomic E-state index is -0.226. The fraction of sp³-hybridized carbons (Fsp3) is 0.118. The van der Waals surface area contributed by atoms with Crippen molar-refractivity contribution in [3.8, 4) is 17.2 Å². The summed E-state index contributed by atoms with van der Waals surface area (Å²) >= 11 is 0. The van der Waals surface area contributed by atoms with Crippen LogP contribution in [-0.2, 0) is 11.2 Å². The molecule has 2 aromatic carbocycles. The van der Waals surface area contributed by atoms with E-state index < -0.39 is 0 Å². The zero-order chi connectivity index (χ0) is 15.9. The number of phenols is 3. The highest BCUT2D eigenvalue weighted by atomic mass is 16.3. The summed E-state index contributed by atoms with van der Waals surface area (Å²) in [5.74, 6) is -0.379. The molecule has 0 aromatic heterocycles. The summed E-state index contributed by atoms with van der Waals surface area (Å²) in [5.41, 5.74) is 1.63. The van der Waals surface area contributed by atoms with Crippen molar-refractivity contribution in [3.05, 3.63) is 59.7 Å². The Kier molecular flexibility index (Phi) is 5.03. The molecule has 4 N–H and O–H groups in total. The topological polar surface area (TPSA) is 89.8 Å². The molecule has 0 heterocycles. The molecule has 0 atom stereocenters. The molecule has 5 nitrogen and oxygen atoms in total. The Morgan fingerprint density at radius 3 is 2.41 bits per heavy atom. The molecule has 0 aliphatic rings. The largest absolute Gasteiger partial charge is 0.508 e. The van der Waals surface area contributed by atoms with Crippen molar-refractivity contribution in [2.45, 2.75) is 6.42 Å². The molecule has 0 aliphatic carbocycles. The number of hydrogen-bond acceptors (Lipinski definition) is 4. The minimum Gasteiger partial charge on any atom is -0.508 e. The second kappa shape index (κ2) is 7.17. The van der Waals surface area contributed by atoms with Crippen molar-refractivity contribution in [2.75, 3.05) is 6.54 Å². The fourth-order valence-electron chi connectivity index (χ4n) is 1.87. The van der Waals surface area contributed by atoms with Gasteiger partial charge in [-0.3, -0.25) is 4.79 Å². The van der Waals surface area contributed by atoms with E-state index in [-0.39, 0.29) is 23.2 Å². The number of hydrogen-bond donors (Lipinski definition) is 4. The lowest BCUT2D eigenvalue weighted by Gasteiger charge is -2.04. The Morgan fingerprint density at radius 1 is 1.00 bits per heavy atom. The number of carbonyl (C=O) groups excluding carboxylic acids is 1. The molecular formula is C17H17NO4. The Balaban J connectivity index is 1.80. The Morgan fingerprint density at radius 2 is 1.73 bits per heavy atom. The molecular weight excluding hydrogens is 282 g/mol. The Bertz CT molecular complexity index is 678. The molecule has 1 amide bonds. The third-order valence-corrected chi connectivity index (χ3v) is 3.07. The predicted molar refractivity (Wildman–Crippen MR) is 83.6 cm³/mol. The second-order valence-electron chi connectivity index (χ2n) is 4.79. The lowest BCUT2D eigenvalue weighted by molar-refractivity contribution is -0.116. The van der Waals surface area contributed by atoms with Gasteiger partial charge in [-0.2, -0.15) is 0 Å². The van der Waals surface area contributed by atoms with E-state index in [0.29, 0.717) is 13.0 Å². The van der Waals surface area contributed by atoms with Crippen LogP contribution in [0, 0.1) is 0 Å². The molecule has 0 aliphatic heterocycles. The second-order valence-corrected chi connectivity index (χ2v) is 4.79. The van der Waals surface area contributed by atoms with Gasteiger partial charge in [0.1, 0.15) is 5.75 Å². The van der Waals surface area contributed by atoms with Gasteiger partial charge in [-0.05, 0) is 47.9 Å². The number of nitrogens with one attached hydrogen (secondary N) is 1. The molecule has 114 valence electrons. The number of carbonyl (C=O) groups is 1. The molecule has 0 saturated carbocycles. The van der Waals surface area contributed by atoms with Crippen LogP contribution in [-0.4, -0.2) is 27.8 Å². The van der Waals surface area contributed by atoms with E-state index in [2.05, 4.69) is 5.32 Å². The number of phenolic OH excluding ortho intramolecular Hbond substituents is 3. The molecule has 0 fully saturated rings. The van der Waals surface area contributed by atoms with Crippen LogP contribution in [0.15, 0.2) is 48.5 Å². The quantitative estimate of drug-likeness (QED) is 0.503. The highest BCUT2D eigenvalue weighted by molar-refractivity contribution is 5.91. The van der Waals surface area contributed by atoms with Crippen molar-refractivity contribution < 1.29 is 20.1 Å². The predicted octanol–water partition coefficient (Wildman–Crippen LogP) is 2.18. The van der Waals surface area contributed by atoms with Gasteiger partial charge < -0.3 is 20.6 Å². The highest BCUT2D eigenvalue weighted by Crippen LogP contribution is 2.24. The normalized spacial score (nSPS) is 10.7. The molecule has 0 unspecified atom stereocenters. The summed E-state index contributed by atoms with van der Waals surface area (Å²) in [6.45, 7) is 0.420. The fourth-order valence-corrected chi connectivity index (χ4v) is 1.87. The van der Waals surface area contributed by atoms with Crippen molar-refractivity contribution in [1.82, 2.24) is 5.32 Å². The van der Waals surface area contributed by atoms with Crippen LogP contribution in [0.25, 0.3) is 6.08 Å². The van der Waals surface area contributed by atoms with Crippen LogP contribution in [0.4, 0.5) is 0 Å². The number of rotatable bonds is 5. The zero-order valence-electron chi connectivity index (χ0n) is 11.9. The van der Waals surface area contributed by atoms with Crippen LogP contribution in [0.2, 0.25) is 0 Å². The molecule has 0 radical (unpaired) electrons. The number of benzene rings is 2. The van der Waals surface area contributed by atoms with Gasteiger partial charge >= 0.3 is 0 Å². The zero-order valence-corrected chi connectivity index (χ0v) is 11.9. The van der Waals surface area contributed by atoms with E-state index in [4.69, 9.17) is 5.11 Å². The van der Waals surface area contributed by atoms with Crippen molar-refractivity contribution >= 4 is 12.0 Å².